The van der Waals surface area contributed by atoms with Crippen LogP contribution in [0.2, 0.25) is 0 Å². The number of primary amides is 1. The number of carbonyl (C=O) groups is 3. The summed E-state index contributed by atoms with van der Waals surface area (Å²) in [5.41, 5.74) is 4.10. The molecule has 4 amide bonds. The Kier molecular flexibility index (Phi) is 7.59. The molecule has 0 bridgehead atoms. The molecule has 3 N–H and O–H groups in total. The molecule has 2 heterocycles. The van der Waals surface area contributed by atoms with Crippen molar-refractivity contribution in [3.05, 3.63) is 72.4 Å². The second-order valence-corrected chi connectivity index (χ2v) is 10.6. The van der Waals surface area contributed by atoms with Crippen molar-refractivity contribution >= 4 is 35.0 Å². The molecule has 5 rings (SSSR count). The summed E-state index contributed by atoms with van der Waals surface area (Å²) in [6.45, 7) is 2.22. The van der Waals surface area contributed by atoms with Crippen LogP contribution in [0.15, 0.2) is 60.8 Å². The first kappa shape index (κ1) is 28.0. The van der Waals surface area contributed by atoms with Crippen LogP contribution in [0, 0.1) is 23.0 Å². The number of nitrogens with one attached hydrogen (secondary N) is 1. The number of ether oxygens (including phenoxy) is 1. The minimum atomic E-state index is -1.43. The maximum Gasteiger partial charge on any atom is 0.323 e. The van der Waals surface area contributed by atoms with Gasteiger partial charge >= 0.3 is 6.03 Å². The highest BCUT2D eigenvalue weighted by atomic mass is 19.1. The van der Waals surface area contributed by atoms with Crippen LogP contribution in [0.5, 0.6) is 11.5 Å². The average molecular weight is 565 g/mol. The number of pyridine rings is 1. The summed E-state index contributed by atoms with van der Waals surface area (Å²) in [5, 5.41) is 2.74. The van der Waals surface area contributed by atoms with E-state index in [-0.39, 0.29) is 41.8 Å². The largest absolute Gasteiger partial charge is 0.457 e. The summed E-state index contributed by atoms with van der Waals surface area (Å²) in [4.78, 5) is 47.0. The van der Waals surface area contributed by atoms with Crippen molar-refractivity contribution < 1.29 is 27.9 Å². The Balaban J connectivity index is 1.31. The minimum absolute atomic E-state index is 0.117. The maximum absolute atomic E-state index is 15.5. The van der Waals surface area contributed by atoms with Gasteiger partial charge in [0.15, 0.2) is 5.82 Å². The van der Waals surface area contributed by atoms with E-state index in [9.17, 15) is 18.8 Å². The zero-order chi connectivity index (χ0) is 29.3. The standard InChI is InChI=1S/C29H30F2N6O4/c1-35(2)15-18-16-36(17-18)28(40)34-25-14-22(9-12-33-25)41-21-7-8-24(23(31)13-21)37(20-5-3-19(30)4-6-20)27(39)29(10-11-29)26(32)38/h3-9,12-14,18H,10-11,15-17H2,1-2H3,(H2,32,38)(H,33,34,40). The molecule has 1 aromatic heterocycles. The van der Waals surface area contributed by atoms with Crippen molar-refractivity contribution in [2.45, 2.75) is 12.8 Å². The van der Waals surface area contributed by atoms with Gasteiger partial charge in [-0.25, -0.2) is 18.6 Å². The van der Waals surface area contributed by atoms with Gasteiger partial charge in [-0.1, -0.05) is 0 Å². The molecule has 0 radical (unpaired) electrons. The third-order valence-corrected chi connectivity index (χ3v) is 7.15. The van der Waals surface area contributed by atoms with Crippen LogP contribution in [0.4, 0.5) is 30.8 Å². The lowest BCUT2D eigenvalue weighted by molar-refractivity contribution is -0.133. The molecule has 1 aliphatic heterocycles. The fourth-order valence-corrected chi connectivity index (χ4v) is 4.83. The summed E-state index contributed by atoms with van der Waals surface area (Å²) in [5.74, 6) is -1.71. The van der Waals surface area contributed by atoms with Gasteiger partial charge in [-0.3, -0.25) is 19.8 Å². The van der Waals surface area contributed by atoms with Gasteiger partial charge in [-0.05, 0) is 69.4 Å². The number of rotatable bonds is 9. The van der Waals surface area contributed by atoms with Crippen molar-refractivity contribution in [3.8, 4) is 11.5 Å². The molecule has 10 nitrogen and oxygen atoms in total. The highest BCUT2D eigenvalue weighted by Crippen LogP contribution is 2.49. The number of amides is 4. The van der Waals surface area contributed by atoms with Crippen LogP contribution in [0.25, 0.3) is 0 Å². The molecular formula is C29H30F2N6O4. The molecule has 12 heteroatoms. The molecule has 0 spiro atoms. The molecule has 41 heavy (non-hydrogen) atoms. The number of aromatic nitrogens is 1. The molecule has 2 aromatic carbocycles. The zero-order valence-electron chi connectivity index (χ0n) is 22.6. The first-order valence-corrected chi connectivity index (χ1v) is 13.1. The number of nitrogens with zero attached hydrogens (tertiary/aromatic N) is 4. The van der Waals surface area contributed by atoms with Gasteiger partial charge in [0, 0.05) is 49.6 Å². The molecule has 0 atom stereocenters. The lowest BCUT2D eigenvalue weighted by atomic mass is 10.0. The Hall–Kier alpha value is -4.58. The third-order valence-electron chi connectivity index (χ3n) is 7.15. The Morgan fingerprint density at radius 3 is 2.34 bits per heavy atom. The van der Waals surface area contributed by atoms with E-state index in [1.165, 1.54) is 36.5 Å². The predicted octanol–water partition coefficient (Wildman–Crippen LogP) is 4.11. The van der Waals surface area contributed by atoms with Crippen LogP contribution in [0.1, 0.15) is 12.8 Å². The van der Waals surface area contributed by atoms with Crippen molar-refractivity contribution in [2.24, 2.45) is 17.1 Å². The van der Waals surface area contributed by atoms with Gasteiger partial charge in [0.25, 0.3) is 0 Å². The first-order valence-electron chi connectivity index (χ1n) is 13.1. The summed E-state index contributed by atoms with van der Waals surface area (Å²) < 4.78 is 34.9. The second-order valence-electron chi connectivity index (χ2n) is 10.6. The quantitative estimate of drug-likeness (QED) is 0.378. The van der Waals surface area contributed by atoms with Gasteiger partial charge in [0.1, 0.15) is 28.5 Å². The van der Waals surface area contributed by atoms with E-state index in [2.05, 4.69) is 15.2 Å². The van der Waals surface area contributed by atoms with E-state index in [1.807, 2.05) is 14.1 Å². The van der Waals surface area contributed by atoms with E-state index in [0.29, 0.717) is 24.8 Å². The fraction of sp³-hybridized carbons (Fsp3) is 0.310. The number of carbonyl (C=O) groups excluding carboxylic acids is 3. The topological polar surface area (TPSA) is 121 Å². The van der Waals surface area contributed by atoms with Crippen LogP contribution in [0.3, 0.4) is 0 Å². The zero-order valence-corrected chi connectivity index (χ0v) is 22.6. The second kappa shape index (κ2) is 11.1. The highest BCUT2D eigenvalue weighted by molar-refractivity contribution is 6.16. The van der Waals surface area contributed by atoms with Crippen LogP contribution in [-0.4, -0.2) is 66.4 Å². The normalized spacial score (nSPS) is 15.7. The molecule has 214 valence electrons. The third kappa shape index (κ3) is 5.97. The van der Waals surface area contributed by atoms with Crippen LogP contribution < -0.4 is 20.7 Å². The Morgan fingerprint density at radius 1 is 1.05 bits per heavy atom. The number of nitrogens with two attached hydrogens (primary N) is 1. The molecule has 2 aliphatic rings. The monoisotopic (exact) mass is 564 g/mol. The van der Waals surface area contributed by atoms with E-state index in [4.69, 9.17) is 10.5 Å². The van der Waals surface area contributed by atoms with E-state index in [1.54, 1.807) is 11.0 Å². The van der Waals surface area contributed by atoms with E-state index in [0.717, 1.165) is 29.6 Å². The summed E-state index contributed by atoms with van der Waals surface area (Å²) in [6, 6.07) is 11.6. The fourth-order valence-electron chi connectivity index (χ4n) is 4.83. The SMILES string of the molecule is CN(C)CC1CN(C(=O)Nc2cc(Oc3ccc(N(C(=O)C4(C(N)=O)CC4)c4ccc(F)cc4)c(F)c3)ccn2)C1. The molecule has 1 aliphatic carbocycles. The average Bonchev–Trinajstić information content (AvgIpc) is 3.71. The molecular weight excluding hydrogens is 534 g/mol. The van der Waals surface area contributed by atoms with E-state index >= 15 is 4.39 Å². The Bertz CT molecular complexity index is 1470. The number of anilines is 3. The number of likely N-dealkylation sites (tertiary alicyclic amines) is 1. The maximum atomic E-state index is 15.5. The van der Waals surface area contributed by atoms with Crippen LogP contribution in [-0.2, 0) is 9.59 Å². The molecule has 2 fully saturated rings. The number of urea groups is 1. The summed E-state index contributed by atoms with van der Waals surface area (Å²) >= 11 is 0. The lowest BCUT2D eigenvalue weighted by Gasteiger charge is -2.40. The van der Waals surface area contributed by atoms with Crippen molar-refractivity contribution in [2.75, 3.05) is 43.9 Å². The van der Waals surface area contributed by atoms with Gasteiger partial charge in [-0.15, -0.1) is 0 Å². The highest BCUT2D eigenvalue weighted by Gasteiger charge is 2.57. The summed E-state index contributed by atoms with van der Waals surface area (Å²) in [7, 11) is 3.98. The molecule has 1 saturated carbocycles. The van der Waals surface area contributed by atoms with Gasteiger partial charge < -0.3 is 20.3 Å². The minimum Gasteiger partial charge on any atom is -0.457 e. The predicted molar refractivity (Wildman–Crippen MR) is 148 cm³/mol. The number of benzene rings is 2. The van der Waals surface area contributed by atoms with Gasteiger partial charge in [0.2, 0.25) is 11.8 Å². The van der Waals surface area contributed by atoms with Gasteiger partial charge in [0.05, 0.1) is 5.69 Å². The van der Waals surface area contributed by atoms with Gasteiger partial charge in [-0.2, -0.15) is 0 Å². The number of halogens is 2. The molecule has 3 aromatic rings. The number of hydrogen-bond acceptors (Lipinski definition) is 6. The number of hydrogen-bond donors (Lipinski definition) is 2. The van der Waals surface area contributed by atoms with Crippen molar-refractivity contribution in [1.29, 1.82) is 0 Å². The molecule has 1 saturated heterocycles. The smallest absolute Gasteiger partial charge is 0.323 e. The Labute approximate surface area is 235 Å². The first-order chi connectivity index (χ1) is 19.6. The molecule has 0 unspecified atom stereocenters. The summed E-state index contributed by atoms with van der Waals surface area (Å²) in [6.07, 6.45) is 1.95. The lowest BCUT2D eigenvalue weighted by Crippen LogP contribution is -2.54. The van der Waals surface area contributed by atoms with Crippen LogP contribution >= 0.6 is 0 Å². The Morgan fingerprint density at radius 2 is 1.73 bits per heavy atom. The van der Waals surface area contributed by atoms with Crippen molar-refractivity contribution in [1.82, 2.24) is 14.8 Å². The van der Waals surface area contributed by atoms with Crippen molar-refractivity contribution in [3.63, 3.8) is 0 Å². The van der Waals surface area contributed by atoms with E-state index < -0.39 is 28.9 Å².